The average Bonchev–Trinajstić information content (AvgIpc) is 3.30. The molecule has 5 aromatic rings. The van der Waals surface area contributed by atoms with Gasteiger partial charge in [0.2, 0.25) is 0 Å². The molecule has 0 fully saturated rings. The van der Waals surface area contributed by atoms with Crippen molar-refractivity contribution in [2.75, 3.05) is 0 Å². The molecule has 4 heterocycles. The third kappa shape index (κ3) is 1.69. The largest absolute Gasteiger partial charge is 0.306 e. The Labute approximate surface area is 148 Å². The van der Waals surface area contributed by atoms with Gasteiger partial charge in [-0.1, -0.05) is 41.7 Å². The van der Waals surface area contributed by atoms with E-state index in [2.05, 4.69) is 74.8 Å². The zero-order valence-corrected chi connectivity index (χ0v) is 14.2. The Hall–Kier alpha value is -2.98. The molecule has 0 radical (unpaired) electrons. The van der Waals surface area contributed by atoms with E-state index in [1.54, 1.807) is 0 Å². The standard InChI is InChI=1S/C21H14N3S/c1-2-7-14(8-3-1)24-18-11-5-4-9-16(18)19-20(24)23-13-17-15(21(23)25-19)10-6-12-22-17/h1-12H,13H2/q+1. The first-order chi connectivity index (χ1) is 12.4. The zero-order valence-electron chi connectivity index (χ0n) is 13.4. The SMILES string of the molecule is c1ccc(-n2c3ccccc3c3sc4[n+](c32)Cc2ncccc2-4)cc1. The minimum atomic E-state index is 0.842. The fraction of sp³-hybridized carbons (Fsp3) is 0.0476. The summed E-state index contributed by atoms with van der Waals surface area (Å²) in [5.41, 5.74) is 6.16. The molecule has 0 bridgehead atoms. The van der Waals surface area contributed by atoms with Crippen LogP contribution in [0.4, 0.5) is 0 Å². The fourth-order valence-electron chi connectivity index (χ4n) is 3.88. The van der Waals surface area contributed by atoms with Gasteiger partial charge in [-0.05, 0) is 36.4 Å². The van der Waals surface area contributed by atoms with Crippen molar-refractivity contribution in [3.8, 4) is 16.3 Å². The Morgan fingerprint density at radius 3 is 2.68 bits per heavy atom. The number of fused-ring (bicyclic) bond motifs is 7. The highest BCUT2D eigenvalue weighted by Gasteiger charge is 2.34. The molecular weight excluding hydrogens is 326 g/mol. The Morgan fingerprint density at radius 1 is 0.920 bits per heavy atom. The number of hydrogen-bond acceptors (Lipinski definition) is 2. The fourth-order valence-corrected chi connectivity index (χ4v) is 5.21. The Bertz CT molecular complexity index is 1260. The Balaban J connectivity index is 1.79. The van der Waals surface area contributed by atoms with Crippen LogP contribution in [-0.4, -0.2) is 9.55 Å². The van der Waals surface area contributed by atoms with Gasteiger partial charge in [-0.25, -0.2) is 4.57 Å². The molecule has 3 aromatic heterocycles. The number of benzene rings is 2. The molecule has 0 saturated heterocycles. The van der Waals surface area contributed by atoms with Gasteiger partial charge in [0.1, 0.15) is 22.4 Å². The zero-order chi connectivity index (χ0) is 16.4. The number of para-hydroxylation sites is 2. The van der Waals surface area contributed by atoms with Crippen LogP contribution in [0.25, 0.3) is 37.5 Å². The van der Waals surface area contributed by atoms with Crippen molar-refractivity contribution in [2.45, 2.75) is 6.54 Å². The van der Waals surface area contributed by atoms with Crippen molar-refractivity contribution >= 4 is 32.6 Å². The van der Waals surface area contributed by atoms with Gasteiger partial charge in [0.05, 0.1) is 11.3 Å². The van der Waals surface area contributed by atoms with Gasteiger partial charge in [-0.2, -0.15) is 4.57 Å². The normalized spacial score (nSPS) is 12.6. The summed E-state index contributed by atoms with van der Waals surface area (Å²) >= 11 is 1.88. The highest BCUT2D eigenvalue weighted by molar-refractivity contribution is 7.22. The molecule has 0 saturated carbocycles. The molecule has 6 rings (SSSR count). The van der Waals surface area contributed by atoms with Crippen LogP contribution < -0.4 is 4.57 Å². The summed E-state index contributed by atoms with van der Waals surface area (Å²) in [7, 11) is 0. The summed E-state index contributed by atoms with van der Waals surface area (Å²) in [6.45, 7) is 0.842. The number of hydrogen-bond donors (Lipinski definition) is 0. The van der Waals surface area contributed by atoms with E-state index in [1.165, 1.54) is 43.2 Å². The molecule has 4 heteroatoms. The van der Waals surface area contributed by atoms with Gasteiger partial charge in [-0.3, -0.25) is 4.98 Å². The Kier molecular flexibility index (Phi) is 2.54. The van der Waals surface area contributed by atoms with Crippen LogP contribution in [0.15, 0.2) is 72.9 Å². The van der Waals surface area contributed by atoms with Crippen molar-refractivity contribution < 1.29 is 4.57 Å². The van der Waals surface area contributed by atoms with Crippen molar-refractivity contribution in [1.82, 2.24) is 9.55 Å². The van der Waals surface area contributed by atoms with Crippen LogP contribution in [0.2, 0.25) is 0 Å². The second-order valence-electron chi connectivity index (χ2n) is 6.33. The summed E-state index contributed by atoms with van der Waals surface area (Å²) in [5, 5.41) is 2.63. The van der Waals surface area contributed by atoms with E-state index in [4.69, 9.17) is 0 Å². The number of aromatic nitrogens is 3. The van der Waals surface area contributed by atoms with Crippen molar-refractivity contribution in [3.63, 3.8) is 0 Å². The highest BCUT2D eigenvalue weighted by Crippen LogP contribution is 2.40. The van der Waals surface area contributed by atoms with Crippen LogP contribution in [0.5, 0.6) is 0 Å². The van der Waals surface area contributed by atoms with Crippen LogP contribution in [0, 0.1) is 0 Å². The van der Waals surface area contributed by atoms with Crippen LogP contribution in [-0.2, 0) is 6.54 Å². The lowest BCUT2D eigenvalue weighted by Crippen LogP contribution is -2.32. The number of rotatable bonds is 1. The van der Waals surface area contributed by atoms with Gasteiger partial charge in [0, 0.05) is 11.6 Å². The lowest BCUT2D eigenvalue weighted by atomic mass is 10.2. The van der Waals surface area contributed by atoms with E-state index in [0.717, 1.165) is 6.54 Å². The molecule has 0 unspecified atom stereocenters. The molecule has 3 nitrogen and oxygen atoms in total. The van der Waals surface area contributed by atoms with Gasteiger partial charge < -0.3 is 0 Å². The minimum absolute atomic E-state index is 0.842. The lowest BCUT2D eigenvalue weighted by Gasteiger charge is -2.00. The monoisotopic (exact) mass is 340 g/mol. The highest BCUT2D eigenvalue weighted by atomic mass is 32.1. The first-order valence-corrected chi connectivity index (χ1v) is 9.19. The molecule has 0 aliphatic carbocycles. The molecule has 0 atom stereocenters. The summed E-state index contributed by atoms with van der Waals surface area (Å²) in [5.74, 6) is 0. The number of thiazole rings is 1. The van der Waals surface area contributed by atoms with Crippen molar-refractivity contribution in [3.05, 3.63) is 78.6 Å². The maximum atomic E-state index is 4.59. The lowest BCUT2D eigenvalue weighted by molar-refractivity contribution is -0.644. The molecule has 2 aromatic carbocycles. The van der Waals surface area contributed by atoms with Crippen LogP contribution in [0.1, 0.15) is 5.69 Å². The molecule has 0 spiro atoms. The summed E-state index contributed by atoms with van der Waals surface area (Å²) in [6, 6.07) is 23.5. The molecule has 1 aliphatic heterocycles. The molecule has 0 N–H and O–H groups in total. The minimum Gasteiger partial charge on any atom is -0.256 e. The van der Waals surface area contributed by atoms with Gasteiger partial charge in [-0.15, -0.1) is 0 Å². The maximum absolute atomic E-state index is 4.59. The molecule has 118 valence electrons. The topological polar surface area (TPSA) is 21.7 Å². The van der Waals surface area contributed by atoms with E-state index in [-0.39, 0.29) is 0 Å². The second-order valence-corrected chi connectivity index (χ2v) is 7.33. The molecule has 25 heavy (non-hydrogen) atoms. The third-order valence-corrected chi connectivity index (χ3v) is 6.19. The van der Waals surface area contributed by atoms with E-state index in [1.807, 2.05) is 23.6 Å². The summed E-state index contributed by atoms with van der Waals surface area (Å²) in [4.78, 5) is 4.59. The first-order valence-electron chi connectivity index (χ1n) is 8.37. The quantitative estimate of drug-likeness (QED) is 0.402. The average molecular weight is 340 g/mol. The van der Waals surface area contributed by atoms with Crippen LogP contribution in [0.3, 0.4) is 0 Å². The number of pyridine rings is 1. The molecular formula is C21H14N3S+. The van der Waals surface area contributed by atoms with E-state index < -0.39 is 0 Å². The number of nitrogens with zero attached hydrogens (tertiary/aromatic N) is 3. The van der Waals surface area contributed by atoms with E-state index in [0.29, 0.717) is 0 Å². The summed E-state index contributed by atoms with van der Waals surface area (Å²) in [6.07, 6.45) is 1.89. The third-order valence-electron chi connectivity index (χ3n) is 4.95. The van der Waals surface area contributed by atoms with E-state index in [9.17, 15) is 0 Å². The second kappa shape index (κ2) is 4.77. The van der Waals surface area contributed by atoms with Gasteiger partial charge in [0.25, 0.3) is 0 Å². The van der Waals surface area contributed by atoms with Crippen molar-refractivity contribution in [2.24, 2.45) is 0 Å². The predicted octanol–water partition coefficient (Wildman–Crippen LogP) is 4.56. The van der Waals surface area contributed by atoms with Gasteiger partial charge >= 0.3 is 5.65 Å². The van der Waals surface area contributed by atoms with Crippen LogP contribution >= 0.6 is 11.3 Å². The summed E-state index contributed by atoms with van der Waals surface area (Å²) < 4.78 is 6.16. The molecule has 0 amide bonds. The Morgan fingerprint density at radius 2 is 1.76 bits per heavy atom. The van der Waals surface area contributed by atoms with E-state index >= 15 is 0 Å². The maximum Gasteiger partial charge on any atom is 0.306 e. The first kappa shape index (κ1) is 13.3. The van der Waals surface area contributed by atoms with Crippen molar-refractivity contribution in [1.29, 1.82) is 0 Å². The molecule has 1 aliphatic rings. The smallest absolute Gasteiger partial charge is 0.256 e. The predicted molar refractivity (Wildman–Crippen MR) is 101 cm³/mol. The van der Waals surface area contributed by atoms with Gasteiger partial charge in [0.15, 0.2) is 5.01 Å².